The summed E-state index contributed by atoms with van der Waals surface area (Å²) in [6.45, 7) is 3.32. The van der Waals surface area contributed by atoms with E-state index in [2.05, 4.69) is 15.1 Å². The highest BCUT2D eigenvalue weighted by Gasteiger charge is 2.11. The monoisotopic (exact) mass is 180 g/mol. The minimum absolute atomic E-state index is 0.462. The van der Waals surface area contributed by atoms with Gasteiger partial charge in [-0.3, -0.25) is 0 Å². The van der Waals surface area contributed by atoms with Crippen LogP contribution in [-0.4, -0.2) is 36.5 Å². The predicted octanol–water partition coefficient (Wildman–Crippen LogP) is -0.105. The summed E-state index contributed by atoms with van der Waals surface area (Å²) in [6, 6.07) is 1.83. The van der Waals surface area contributed by atoms with Gasteiger partial charge in [0.2, 0.25) is 0 Å². The largest absolute Gasteiger partial charge is 0.382 e. The van der Waals surface area contributed by atoms with Gasteiger partial charge in [0.25, 0.3) is 0 Å². The van der Waals surface area contributed by atoms with Crippen molar-refractivity contribution in [3.8, 4) is 0 Å². The number of rotatable bonds is 1. The Bertz CT molecular complexity index is 285. The van der Waals surface area contributed by atoms with Crippen LogP contribution < -0.4 is 10.6 Å². The van der Waals surface area contributed by atoms with Gasteiger partial charge in [-0.25, -0.2) is 0 Å². The number of nitrogen functional groups attached to an aromatic ring is 1. The molecule has 0 aromatic carbocycles. The van der Waals surface area contributed by atoms with Crippen LogP contribution in [0.25, 0.3) is 0 Å². The van der Waals surface area contributed by atoms with Crippen molar-refractivity contribution >= 4 is 11.5 Å². The zero-order chi connectivity index (χ0) is 9.10. The lowest BCUT2D eigenvalue weighted by Gasteiger charge is -2.28. The molecule has 2 rings (SSSR count). The van der Waals surface area contributed by atoms with Crippen LogP contribution in [0.15, 0.2) is 12.3 Å². The fraction of sp³-hybridized carbons (Fsp3) is 0.500. The van der Waals surface area contributed by atoms with Crippen LogP contribution >= 0.6 is 0 Å². The van der Waals surface area contributed by atoms with E-state index in [0.29, 0.717) is 5.82 Å². The van der Waals surface area contributed by atoms with E-state index in [-0.39, 0.29) is 0 Å². The third-order valence-electron chi connectivity index (χ3n) is 2.04. The molecule has 0 spiro atoms. The van der Waals surface area contributed by atoms with E-state index in [1.165, 1.54) is 0 Å². The summed E-state index contributed by atoms with van der Waals surface area (Å²) in [5.74, 6) is 0.462. The van der Waals surface area contributed by atoms with Gasteiger partial charge in [0, 0.05) is 19.2 Å². The first-order chi connectivity index (χ1) is 6.36. The summed E-state index contributed by atoms with van der Waals surface area (Å²) in [7, 11) is 0. The minimum Gasteiger partial charge on any atom is -0.382 e. The van der Waals surface area contributed by atoms with Gasteiger partial charge in [-0.1, -0.05) is 0 Å². The molecule has 0 bridgehead atoms. The molecule has 1 aromatic heterocycles. The molecular formula is C8H12N4O. The quantitative estimate of drug-likeness (QED) is 0.653. The number of hydrogen-bond donors (Lipinski definition) is 1. The van der Waals surface area contributed by atoms with Gasteiger partial charge in [0.05, 0.1) is 25.1 Å². The molecule has 1 aliphatic heterocycles. The SMILES string of the molecule is Nc1cc(N2CCOCC2)cnn1. The summed E-state index contributed by atoms with van der Waals surface area (Å²) in [5, 5.41) is 7.51. The third-order valence-corrected chi connectivity index (χ3v) is 2.04. The maximum absolute atomic E-state index is 5.53. The van der Waals surface area contributed by atoms with Gasteiger partial charge in [0.1, 0.15) is 5.82 Å². The topological polar surface area (TPSA) is 64.3 Å². The van der Waals surface area contributed by atoms with Crippen molar-refractivity contribution < 1.29 is 4.74 Å². The normalized spacial score (nSPS) is 17.4. The van der Waals surface area contributed by atoms with E-state index in [0.717, 1.165) is 32.0 Å². The Morgan fingerprint density at radius 2 is 2.15 bits per heavy atom. The Morgan fingerprint density at radius 1 is 1.38 bits per heavy atom. The van der Waals surface area contributed by atoms with E-state index >= 15 is 0 Å². The lowest BCUT2D eigenvalue weighted by atomic mass is 10.3. The van der Waals surface area contributed by atoms with Crippen molar-refractivity contribution in [2.24, 2.45) is 0 Å². The fourth-order valence-electron chi connectivity index (χ4n) is 1.37. The lowest BCUT2D eigenvalue weighted by molar-refractivity contribution is 0.122. The number of nitrogens with zero attached hydrogens (tertiary/aromatic N) is 3. The average Bonchev–Trinajstić information content (AvgIpc) is 2.19. The first kappa shape index (κ1) is 8.25. The Balaban J connectivity index is 2.14. The molecule has 5 nitrogen and oxygen atoms in total. The molecule has 0 saturated carbocycles. The number of nitrogens with two attached hydrogens (primary N) is 1. The Hall–Kier alpha value is -1.36. The Morgan fingerprint density at radius 3 is 2.85 bits per heavy atom. The molecule has 0 unspecified atom stereocenters. The highest BCUT2D eigenvalue weighted by atomic mass is 16.5. The number of aromatic nitrogens is 2. The fourth-order valence-corrected chi connectivity index (χ4v) is 1.37. The summed E-state index contributed by atoms with van der Waals surface area (Å²) < 4.78 is 5.24. The van der Waals surface area contributed by atoms with Gasteiger partial charge >= 0.3 is 0 Å². The summed E-state index contributed by atoms with van der Waals surface area (Å²) in [6.07, 6.45) is 1.72. The highest BCUT2D eigenvalue weighted by molar-refractivity contribution is 5.50. The molecule has 2 N–H and O–H groups in total. The van der Waals surface area contributed by atoms with Crippen molar-refractivity contribution in [3.63, 3.8) is 0 Å². The molecule has 1 aliphatic rings. The van der Waals surface area contributed by atoms with Gasteiger partial charge in [-0.05, 0) is 0 Å². The predicted molar refractivity (Wildman–Crippen MR) is 49.5 cm³/mol. The molecule has 70 valence electrons. The van der Waals surface area contributed by atoms with E-state index in [1.54, 1.807) is 6.20 Å². The molecule has 2 heterocycles. The smallest absolute Gasteiger partial charge is 0.148 e. The van der Waals surface area contributed by atoms with Crippen molar-refractivity contribution in [2.45, 2.75) is 0 Å². The molecule has 5 heteroatoms. The van der Waals surface area contributed by atoms with Gasteiger partial charge in [-0.15, -0.1) is 5.10 Å². The second-order valence-electron chi connectivity index (χ2n) is 2.94. The summed E-state index contributed by atoms with van der Waals surface area (Å²) in [5.41, 5.74) is 6.56. The zero-order valence-corrected chi connectivity index (χ0v) is 7.31. The molecule has 13 heavy (non-hydrogen) atoms. The first-order valence-electron chi connectivity index (χ1n) is 4.27. The van der Waals surface area contributed by atoms with Crippen LogP contribution in [0.2, 0.25) is 0 Å². The van der Waals surface area contributed by atoms with E-state index in [1.807, 2.05) is 6.07 Å². The average molecular weight is 180 g/mol. The lowest BCUT2D eigenvalue weighted by Crippen LogP contribution is -2.36. The van der Waals surface area contributed by atoms with Crippen LogP contribution in [0.4, 0.5) is 11.5 Å². The van der Waals surface area contributed by atoms with Gasteiger partial charge < -0.3 is 15.4 Å². The molecule has 0 atom stereocenters. The zero-order valence-electron chi connectivity index (χ0n) is 7.31. The van der Waals surface area contributed by atoms with Crippen LogP contribution in [0.3, 0.4) is 0 Å². The van der Waals surface area contributed by atoms with E-state index in [4.69, 9.17) is 10.5 Å². The Kier molecular flexibility index (Phi) is 2.27. The third kappa shape index (κ3) is 1.86. The molecule has 1 fully saturated rings. The van der Waals surface area contributed by atoms with Gasteiger partial charge in [-0.2, -0.15) is 5.10 Å². The molecule has 1 aromatic rings. The minimum atomic E-state index is 0.462. The van der Waals surface area contributed by atoms with Crippen LogP contribution in [0.5, 0.6) is 0 Å². The van der Waals surface area contributed by atoms with Crippen LogP contribution in [0, 0.1) is 0 Å². The number of morpholine rings is 1. The maximum Gasteiger partial charge on any atom is 0.148 e. The second-order valence-corrected chi connectivity index (χ2v) is 2.94. The number of hydrogen-bond acceptors (Lipinski definition) is 5. The summed E-state index contributed by atoms with van der Waals surface area (Å²) in [4.78, 5) is 2.19. The molecule has 0 radical (unpaired) electrons. The number of anilines is 2. The molecule has 1 saturated heterocycles. The highest BCUT2D eigenvalue weighted by Crippen LogP contribution is 2.14. The first-order valence-corrected chi connectivity index (χ1v) is 4.27. The van der Waals surface area contributed by atoms with Crippen molar-refractivity contribution in [3.05, 3.63) is 12.3 Å². The molecular weight excluding hydrogens is 168 g/mol. The second kappa shape index (κ2) is 3.57. The van der Waals surface area contributed by atoms with Crippen molar-refractivity contribution in [1.29, 1.82) is 0 Å². The van der Waals surface area contributed by atoms with Crippen molar-refractivity contribution in [2.75, 3.05) is 36.9 Å². The molecule has 0 aliphatic carbocycles. The van der Waals surface area contributed by atoms with Crippen LogP contribution in [0.1, 0.15) is 0 Å². The number of ether oxygens (including phenoxy) is 1. The van der Waals surface area contributed by atoms with Crippen molar-refractivity contribution in [1.82, 2.24) is 10.2 Å². The summed E-state index contributed by atoms with van der Waals surface area (Å²) >= 11 is 0. The molecule has 0 amide bonds. The Labute approximate surface area is 76.5 Å². The maximum atomic E-state index is 5.53. The van der Waals surface area contributed by atoms with E-state index in [9.17, 15) is 0 Å². The van der Waals surface area contributed by atoms with E-state index < -0.39 is 0 Å². The standard InChI is InChI=1S/C8H12N4O/c9-8-5-7(6-10-11-8)12-1-3-13-4-2-12/h5-6H,1-4H2,(H2,9,11). The van der Waals surface area contributed by atoms with Gasteiger partial charge in [0.15, 0.2) is 0 Å². The van der Waals surface area contributed by atoms with Crippen LogP contribution in [-0.2, 0) is 4.74 Å².